The standard InChI is InChI=1S/C14H22N2O2/c1-3-12-5-6-13(18-12)14(17)16(4-2)11-7-9-15-10-8-11/h5-6,11,15H,3-4,7-10H2,1-2H3. The van der Waals surface area contributed by atoms with Crippen LogP contribution in [0.3, 0.4) is 0 Å². The van der Waals surface area contributed by atoms with E-state index in [1.54, 1.807) is 6.07 Å². The quantitative estimate of drug-likeness (QED) is 0.889. The molecule has 1 saturated heterocycles. The normalized spacial score (nSPS) is 16.8. The highest BCUT2D eigenvalue weighted by atomic mass is 16.4. The van der Waals surface area contributed by atoms with Gasteiger partial charge < -0.3 is 14.6 Å². The summed E-state index contributed by atoms with van der Waals surface area (Å²) in [6.45, 7) is 6.78. The molecule has 1 amide bonds. The van der Waals surface area contributed by atoms with Gasteiger partial charge in [-0.05, 0) is 45.0 Å². The molecule has 18 heavy (non-hydrogen) atoms. The van der Waals surface area contributed by atoms with E-state index in [-0.39, 0.29) is 5.91 Å². The lowest BCUT2D eigenvalue weighted by molar-refractivity contribution is 0.0622. The average molecular weight is 250 g/mol. The van der Waals surface area contributed by atoms with Gasteiger partial charge in [0.1, 0.15) is 5.76 Å². The minimum absolute atomic E-state index is 0.0316. The number of rotatable bonds is 4. The predicted octanol–water partition coefficient (Wildman–Crippen LogP) is 2.06. The van der Waals surface area contributed by atoms with Crippen LogP contribution < -0.4 is 5.32 Å². The van der Waals surface area contributed by atoms with Gasteiger partial charge in [-0.2, -0.15) is 0 Å². The van der Waals surface area contributed by atoms with Crippen molar-refractivity contribution in [1.82, 2.24) is 10.2 Å². The maximum absolute atomic E-state index is 12.4. The van der Waals surface area contributed by atoms with E-state index < -0.39 is 0 Å². The summed E-state index contributed by atoms with van der Waals surface area (Å²) < 4.78 is 5.56. The Hall–Kier alpha value is -1.29. The Bertz CT molecular complexity index is 394. The van der Waals surface area contributed by atoms with Crippen LogP contribution in [-0.4, -0.2) is 36.5 Å². The maximum Gasteiger partial charge on any atom is 0.289 e. The molecule has 1 aromatic heterocycles. The van der Waals surface area contributed by atoms with Gasteiger partial charge in [-0.3, -0.25) is 4.79 Å². The third-order valence-electron chi connectivity index (χ3n) is 3.57. The number of carbonyl (C=O) groups excluding carboxylic acids is 1. The van der Waals surface area contributed by atoms with Crippen LogP contribution in [0.1, 0.15) is 43.0 Å². The van der Waals surface area contributed by atoms with E-state index in [1.807, 2.05) is 24.8 Å². The van der Waals surface area contributed by atoms with Crippen LogP contribution in [0.2, 0.25) is 0 Å². The fourth-order valence-corrected chi connectivity index (χ4v) is 2.51. The first kappa shape index (κ1) is 13.1. The summed E-state index contributed by atoms with van der Waals surface area (Å²) in [6.07, 6.45) is 2.88. The zero-order valence-electron chi connectivity index (χ0n) is 11.2. The molecule has 1 N–H and O–H groups in total. The Balaban J connectivity index is 2.08. The van der Waals surface area contributed by atoms with E-state index in [9.17, 15) is 4.79 Å². The van der Waals surface area contributed by atoms with Crippen molar-refractivity contribution in [1.29, 1.82) is 0 Å². The van der Waals surface area contributed by atoms with Crippen LogP contribution in [0, 0.1) is 0 Å². The Labute approximate surface area is 108 Å². The largest absolute Gasteiger partial charge is 0.456 e. The summed E-state index contributed by atoms with van der Waals surface area (Å²) in [6, 6.07) is 4.04. The number of hydrogen-bond acceptors (Lipinski definition) is 3. The van der Waals surface area contributed by atoms with Gasteiger partial charge in [0.25, 0.3) is 5.91 Å². The molecular formula is C14H22N2O2. The van der Waals surface area contributed by atoms with E-state index in [0.717, 1.165) is 44.7 Å². The molecule has 100 valence electrons. The monoisotopic (exact) mass is 250 g/mol. The van der Waals surface area contributed by atoms with Gasteiger partial charge in [0.15, 0.2) is 5.76 Å². The molecule has 4 nitrogen and oxygen atoms in total. The molecule has 2 heterocycles. The molecule has 1 aliphatic heterocycles. The van der Waals surface area contributed by atoms with Crippen molar-refractivity contribution in [2.24, 2.45) is 0 Å². The summed E-state index contributed by atoms with van der Waals surface area (Å²) in [4.78, 5) is 14.4. The molecule has 0 radical (unpaired) electrons. The summed E-state index contributed by atoms with van der Waals surface area (Å²) in [7, 11) is 0. The van der Waals surface area contributed by atoms with E-state index in [2.05, 4.69) is 5.32 Å². The summed E-state index contributed by atoms with van der Waals surface area (Å²) in [5.41, 5.74) is 0. The first-order valence-electron chi connectivity index (χ1n) is 6.86. The minimum Gasteiger partial charge on any atom is -0.456 e. The zero-order valence-corrected chi connectivity index (χ0v) is 11.2. The number of aryl methyl sites for hydroxylation is 1. The molecule has 0 atom stereocenters. The van der Waals surface area contributed by atoms with Crippen molar-refractivity contribution in [3.05, 3.63) is 23.7 Å². The Morgan fingerprint density at radius 2 is 2.11 bits per heavy atom. The Morgan fingerprint density at radius 1 is 1.39 bits per heavy atom. The van der Waals surface area contributed by atoms with Gasteiger partial charge in [-0.1, -0.05) is 6.92 Å². The van der Waals surface area contributed by atoms with Crippen molar-refractivity contribution in [2.75, 3.05) is 19.6 Å². The molecule has 1 aliphatic rings. The number of carbonyl (C=O) groups is 1. The van der Waals surface area contributed by atoms with Crippen molar-refractivity contribution >= 4 is 5.91 Å². The number of nitrogens with one attached hydrogen (secondary N) is 1. The Morgan fingerprint density at radius 3 is 2.67 bits per heavy atom. The summed E-state index contributed by atoms with van der Waals surface area (Å²) in [5, 5.41) is 3.32. The maximum atomic E-state index is 12.4. The molecule has 1 fully saturated rings. The fraction of sp³-hybridized carbons (Fsp3) is 0.643. The van der Waals surface area contributed by atoms with Crippen molar-refractivity contribution in [3.63, 3.8) is 0 Å². The van der Waals surface area contributed by atoms with Gasteiger partial charge >= 0.3 is 0 Å². The van der Waals surface area contributed by atoms with Crippen molar-refractivity contribution < 1.29 is 9.21 Å². The Kier molecular flexibility index (Phi) is 4.42. The number of piperidine rings is 1. The molecule has 0 aliphatic carbocycles. The molecule has 2 rings (SSSR count). The van der Waals surface area contributed by atoms with Crippen molar-refractivity contribution in [3.8, 4) is 0 Å². The van der Waals surface area contributed by atoms with Gasteiger partial charge in [-0.15, -0.1) is 0 Å². The van der Waals surface area contributed by atoms with E-state index in [1.165, 1.54) is 0 Å². The number of amides is 1. The lowest BCUT2D eigenvalue weighted by Crippen LogP contribution is -2.45. The molecule has 0 unspecified atom stereocenters. The fourth-order valence-electron chi connectivity index (χ4n) is 2.51. The van der Waals surface area contributed by atoms with Crippen LogP contribution in [0.15, 0.2) is 16.5 Å². The van der Waals surface area contributed by atoms with Crippen LogP contribution in [-0.2, 0) is 6.42 Å². The van der Waals surface area contributed by atoms with E-state index >= 15 is 0 Å². The molecule has 0 spiro atoms. The summed E-state index contributed by atoms with van der Waals surface area (Å²) >= 11 is 0. The smallest absolute Gasteiger partial charge is 0.289 e. The molecule has 0 bridgehead atoms. The predicted molar refractivity (Wildman–Crippen MR) is 70.7 cm³/mol. The summed E-state index contributed by atoms with van der Waals surface area (Å²) in [5.74, 6) is 1.39. The minimum atomic E-state index is 0.0316. The van der Waals surface area contributed by atoms with E-state index in [0.29, 0.717) is 11.8 Å². The third kappa shape index (κ3) is 2.75. The first-order valence-corrected chi connectivity index (χ1v) is 6.86. The SMILES string of the molecule is CCc1ccc(C(=O)N(CC)C2CCNCC2)o1. The molecule has 1 aromatic rings. The van der Waals surface area contributed by atoms with Gasteiger partial charge in [-0.25, -0.2) is 0 Å². The topological polar surface area (TPSA) is 45.5 Å². The second-order valence-electron chi connectivity index (χ2n) is 4.69. The highest BCUT2D eigenvalue weighted by Gasteiger charge is 2.26. The van der Waals surface area contributed by atoms with Crippen molar-refractivity contribution in [2.45, 2.75) is 39.2 Å². The molecular weight excluding hydrogens is 228 g/mol. The number of hydrogen-bond donors (Lipinski definition) is 1. The van der Waals surface area contributed by atoms with Gasteiger partial charge in [0.05, 0.1) is 0 Å². The second kappa shape index (κ2) is 6.05. The molecule has 0 aromatic carbocycles. The van der Waals surface area contributed by atoms with Gasteiger partial charge in [0, 0.05) is 19.0 Å². The second-order valence-corrected chi connectivity index (χ2v) is 4.69. The van der Waals surface area contributed by atoms with Crippen LogP contribution >= 0.6 is 0 Å². The van der Waals surface area contributed by atoms with E-state index in [4.69, 9.17) is 4.42 Å². The zero-order chi connectivity index (χ0) is 13.0. The van der Waals surface area contributed by atoms with Crippen LogP contribution in [0.5, 0.6) is 0 Å². The third-order valence-corrected chi connectivity index (χ3v) is 3.57. The van der Waals surface area contributed by atoms with Crippen LogP contribution in [0.25, 0.3) is 0 Å². The highest BCUT2D eigenvalue weighted by Crippen LogP contribution is 2.17. The first-order chi connectivity index (χ1) is 8.76. The highest BCUT2D eigenvalue weighted by molar-refractivity contribution is 5.91. The van der Waals surface area contributed by atoms with Crippen LogP contribution in [0.4, 0.5) is 0 Å². The average Bonchev–Trinajstić information content (AvgIpc) is 2.89. The number of nitrogens with zero attached hydrogens (tertiary/aromatic N) is 1. The lowest BCUT2D eigenvalue weighted by atomic mass is 10.0. The van der Waals surface area contributed by atoms with Gasteiger partial charge in [0.2, 0.25) is 0 Å². The number of furan rings is 1. The molecule has 4 heteroatoms. The lowest BCUT2D eigenvalue weighted by Gasteiger charge is -2.33. The molecule has 0 saturated carbocycles.